The fraction of sp³-hybridized carbons (Fsp3) is 0.833. The van der Waals surface area contributed by atoms with E-state index in [1.807, 2.05) is 27.7 Å². The Kier molecular flexibility index (Phi) is 6.80. The molecule has 0 saturated carbocycles. The third kappa shape index (κ3) is 7.74. The van der Waals surface area contributed by atoms with Crippen molar-refractivity contribution in [2.24, 2.45) is 11.7 Å². The van der Waals surface area contributed by atoms with Crippen LogP contribution in [-0.4, -0.2) is 30.4 Å². The third-order valence-electron chi connectivity index (χ3n) is 2.23. The number of carbonyl (C=O) groups excluding carboxylic acids is 2. The second-order valence-corrected chi connectivity index (χ2v) is 5.24. The van der Waals surface area contributed by atoms with E-state index in [9.17, 15) is 9.59 Å². The highest BCUT2D eigenvalue weighted by atomic mass is 16.2. The van der Waals surface area contributed by atoms with Crippen molar-refractivity contribution in [2.45, 2.75) is 46.1 Å². The first kappa shape index (κ1) is 15.9. The first-order valence-electron chi connectivity index (χ1n) is 6.09. The predicted molar refractivity (Wildman–Crippen MR) is 68.4 cm³/mol. The monoisotopic (exact) mass is 243 g/mol. The predicted octanol–water partition coefficient (Wildman–Crippen LogP) is 0.392. The molecule has 0 aliphatic carbocycles. The largest absolute Gasteiger partial charge is 0.350 e. The highest BCUT2D eigenvalue weighted by molar-refractivity contribution is 5.86. The molecule has 0 radical (unpaired) electrons. The molecule has 0 bridgehead atoms. The van der Waals surface area contributed by atoms with Crippen molar-refractivity contribution in [3.8, 4) is 0 Å². The molecule has 0 rings (SSSR count). The van der Waals surface area contributed by atoms with E-state index in [4.69, 9.17) is 5.73 Å². The average molecular weight is 243 g/mol. The quantitative estimate of drug-likeness (QED) is 0.631. The van der Waals surface area contributed by atoms with Gasteiger partial charge >= 0.3 is 0 Å². The fourth-order valence-corrected chi connectivity index (χ4v) is 1.48. The SMILES string of the molecule is CCCC(CN)C(=O)NCC(=O)NC(C)(C)C. The van der Waals surface area contributed by atoms with Crippen LogP contribution in [0.2, 0.25) is 0 Å². The van der Waals surface area contributed by atoms with E-state index in [2.05, 4.69) is 10.6 Å². The van der Waals surface area contributed by atoms with Crippen molar-refractivity contribution < 1.29 is 9.59 Å². The number of rotatable bonds is 6. The van der Waals surface area contributed by atoms with Crippen LogP contribution in [0.15, 0.2) is 0 Å². The summed E-state index contributed by atoms with van der Waals surface area (Å²) in [5, 5.41) is 5.39. The van der Waals surface area contributed by atoms with Gasteiger partial charge in [-0.1, -0.05) is 13.3 Å². The maximum atomic E-state index is 11.7. The number of amides is 2. The summed E-state index contributed by atoms with van der Waals surface area (Å²) in [6, 6.07) is 0. The van der Waals surface area contributed by atoms with E-state index >= 15 is 0 Å². The minimum absolute atomic E-state index is 0.0102. The lowest BCUT2D eigenvalue weighted by Gasteiger charge is -2.21. The molecular weight excluding hydrogens is 218 g/mol. The summed E-state index contributed by atoms with van der Waals surface area (Å²) >= 11 is 0. The Morgan fingerprint density at radius 3 is 2.29 bits per heavy atom. The van der Waals surface area contributed by atoms with Crippen LogP contribution in [0, 0.1) is 5.92 Å². The van der Waals surface area contributed by atoms with E-state index in [1.54, 1.807) is 0 Å². The molecule has 5 heteroatoms. The second-order valence-electron chi connectivity index (χ2n) is 5.24. The van der Waals surface area contributed by atoms with Crippen molar-refractivity contribution in [3.05, 3.63) is 0 Å². The molecule has 0 aromatic heterocycles. The smallest absolute Gasteiger partial charge is 0.239 e. The molecule has 1 unspecified atom stereocenters. The number of nitrogens with one attached hydrogen (secondary N) is 2. The molecule has 0 aromatic carbocycles. The zero-order chi connectivity index (χ0) is 13.5. The van der Waals surface area contributed by atoms with E-state index in [-0.39, 0.29) is 29.8 Å². The van der Waals surface area contributed by atoms with Crippen LogP contribution in [0.5, 0.6) is 0 Å². The van der Waals surface area contributed by atoms with E-state index in [1.165, 1.54) is 0 Å². The molecule has 0 saturated heterocycles. The normalized spacial score (nSPS) is 13.0. The molecular formula is C12H25N3O2. The first-order chi connectivity index (χ1) is 7.80. The number of hydrogen-bond donors (Lipinski definition) is 3. The van der Waals surface area contributed by atoms with Gasteiger partial charge in [-0.2, -0.15) is 0 Å². The van der Waals surface area contributed by atoms with Gasteiger partial charge in [0.1, 0.15) is 0 Å². The van der Waals surface area contributed by atoms with Crippen LogP contribution in [0.4, 0.5) is 0 Å². The van der Waals surface area contributed by atoms with Gasteiger partial charge in [-0.05, 0) is 27.2 Å². The summed E-state index contributed by atoms with van der Waals surface area (Å²) < 4.78 is 0. The molecule has 2 amide bonds. The van der Waals surface area contributed by atoms with Crippen molar-refractivity contribution in [1.82, 2.24) is 10.6 Å². The van der Waals surface area contributed by atoms with E-state index < -0.39 is 0 Å². The Hall–Kier alpha value is -1.10. The van der Waals surface area contributed by atoms with Crippen LogP contribution in [0.25, 0.3) is 0 Å². The van der Waals surface area contributed by atoms with Gasteiger partial charge in [0.15, 0.2) is 0 Å². The summed E-state index contributed by atoms with van der Waals surface area (Å²) in [7, 11) is 0. The van der Waals surface area contributed by atoms with Crippen LogP contribution < -0.4 is 16.4 Å². The summed E-state index contributed by atoms with van der Waals surface area (Å²) in [6.45, 7) is 8.02. The standard InChI is InChI=1S/C12H25N3O2/c1-5-6-9(7-13)11(17)14-8-10(16)15-12(2,3)4/h9H,5-8,13H2,1-4H3,(H,14,17)(H,15,16). The zero-order valence-electron chi connectivity index (χ0n) is 11.3. The van der Waals surface area contributed by atoms with Crippen molar-refractivity contribution in [2.75, 3.05) is 13.1 Å². The lowest BCUT2D eigenvalue weighted by Crippen LogP contribution is -2.47. The molecule has 100 valence electrons. The van der Waals surface area contributed by atoms with Crippen LogP contribution in [0.1, 0.15) is 40.5 Å². The zero-order valence-corrected chi connectivity index (χ0v) is 11.3. The molecule has 0 aromatic rings. The lowest BCUT2D eigenvalue weighted by atomic mass is 10.0. The highest BCUT2D eigenvalue weighted by Crippen LogP contribution is 2.04. The highest BCUT2D eigenvalue weighted by Gasteiger charge is 2.18. The fourth-order valence-electron chi connectivity index (χ4n) is 1.48. The van der Waals surface area contributed by atoms with Gasteiger partial charge in [0.2, 0.25) is 11.8 Å². The summed E-state index contributed by atoms with van der Waals surface area (Å²) in [5.41, 5.74) is 5.23. The molecule has 1 atom stereocenters. The third-order valence-corrected chi connectivity index (χ3v) is 2.23. The maximum absolute atomic E-state index is 11.7. The average Bonchev–Trinajstić information content (AvgIpc) is 2.20. The van der Waals surface area contributed by atoms with Gasteiger partial charge in [0.25, 0.3) is 0 Å². The second kappa shape index (κ2) is 7.27. The molecule has 5 nitrogen and oxygen atoms in total. The molecule has 0 fully saturated rings. The Labute approximate surface area is 104 Å². The van der Waals surface area contributed by atoms with Crippen molar-refractivity contribution in [3.63, 3.8) is 0 Å². The van der Waals surface area contributed by atoms with Gasteiger partial charge in [-0.25, -0.2) is 0 Å². The van der Waals surface area contributed by atoms with Crippen molar-refractivity contribution in [1.29, 1.82) is 0 Å². The minimum Gasteiger partial charge on any atom is -0.350 e. The van der Waals surface area contributed by atoms with Crippen molar-refractivity contribution >= 4 is 11.8 Å². The first-order valence-corrected chi connectivity index (χ1v) is 6.09. The molecule has 0 heterocycles. The van der Waals surface area contributed by atoms with Crippen LogP contribution in [0.3, 0.4) is 0 Å². The van der Waals surface area contributed by atoms with Gasteiger partial charge in [0.05, 0.1) is 12.5 Å². The molecule has 4 N–H and O–H groups in total. The number of hydrogen-bond acceptors (Lipinski definition) is 3. The number of carbonyl (C=O) groups is 2. The minimum atomic E-state index is -0.279. The Balaban J connectivity index is 4.02. The topological polar surface area (TPSA) is 84.2 Å². The Morgan fingerprint density at radius 1 is 1.29 bits per heavy atom. The lowest BCUT2D eigenvalue weighted by molar-refractivity contribution is -0.129. The van der Waals surface area contributed by atoms with Crippen LogP contribution in [-0.2, 0) is 9.59 Å². The van der Waals surface area contributed by atoms with Gasteiger partial charge in [0, 0.05) is 12.1 Å². The summed E-state index contributed by atoms with van der Waals surface area (Å²) in [4.78, 5) is 23.1. The van der Waals surface area contributed by atoms with Gasteiger partial charge < -0.3 is 16.4 Å². The Bertz CT molecular complexity index is 259. The molecule has 0 spiro atoms. The van der Waals surface area contributed by atoms with E-state index in [0.717, 1.165) is 12.8 Å². The van der Waals surface area contributed by atoms with Gasteiger partial charge in [-0.3, -0.25) is 9.59 Å². The summed E-state index contributed by atoms with van der Waals surface area (Å²) in [5.74, 6) is -0.515. The van der Waals surface area contributed by atoms with Crippen LogP contribution >= 0.6 is 0 Å². The molecule has 17 heavy (non-hydrogen) atoms. The van der Waals surface area contributed by atoms with Gasteiger partial charge in [-0.15, -0.1) is 0 Å². The summed E-state index contributed by atoms with van der Waals surface area (Å²) in [6.07, 6.45) is 1.66. The maximum Gasteiger partial charge on any atom is 0.239 e. The van der Waals surface area contributed by atoms with E-state index in [0.29, 0.717) is 6.54 Å². The Morgan fingerprint density at radius 2 is 1.88 bits per heavy atom. The molecule has 0 aliphatic rings. The number of nitrogens with two attached hydrogens (primary N) is 1. The molecule has 0 aliphatic heterocycles.